The molecule has 0 saturated heterocycles. The van der Waals surface area contributed by atoms with E-state index in [2.05, 4.69) is 0 Å². The summed E-state index contributed by atoms with van der Waals surface area (Å²) in [6, 6.07) is 15.6. The minimum atomic E-state index is -4.05. The Hall–Kier alpha value is -2.93. The van der Waals surface area contributed by atoms with Crippen molar-refractivity contribution in [1.29, 1.82) is 0 Å². The largest absolute Gasteiger partial charge is 0.457 e. The zero-order chi connectivity index (χ0) is 17.9. The molecule has 4 nitrogen and oxygen atoms in total. The number of rotatable bonds is 5. The average Bonchev–Trinajstić information content (AvgIpc) is 2.59. The van der Waals surface area contributed by atoms with Crippen LogP contribution in [0.1, 0.15) is 0 Å². The maximum Gasteiger partial charge on any atom is 0.339 e. The SMILES string of the molecule is O=S(=O)(Oc1ccc(F)cc1)c1ccc(Oc2ccc(F)cc2)cc1. The van der Waals surface area contributed by atoms with Crippen LogP contribution in [-0.2, 0) is 10.1 Å². The summed E-state index contributed by atoms with van der Waals surface area (Å²) in [5.74, 6) is -0.0706. The van der Waals surface area contributed by atoms with E-state index in [0.717, 1.165) is 12.1 Å². The Morgan fingerprint density at radius 3 is 1.48 bits per heavy atom. The maximum absolute atomic E-state index is 12.9. The number of ether oxygens (including phenoxy) is 1. The molecule has 0 aromatic heterocycles. The van der Waals surface area contributed by atoms with Crippen molar-refractivity contribution in [2.45, 2.75) is 4.90 Å². The van der Waals surface area contributed by atoms with Gasteiger partial charge in [0.15, 0.2) is 0 Å². The summed E-state index contributed by atoms with van der Waals surface area (Å²) in [4.78, 5) is -0.0803. The zero-order valence-corrected chi connectivity index (χ0v) is 13.5. The van der Waals surface area contributed by atoms with Gasteiger partial charge in [-0.2, -0.15) is 8.42 Å². The molecule has 0 heterocycles. The molecule has 3 aromatic carbocycles. The first-order valence-corrected chi connectivity index (χ1v) is 8.57. The van der Waals surface area contributed by atoms with Crippen LogP contribution in [0.3, 0.4) is 0 Å². The van der Waals surface area contributed by atoms with Gasteiger partial charge in [0, 0.05) is 0 Å². The Morgan fingerprint density at radius 1 is 0.600 bits per heavy atom. The number of halogens is 2. The van der Waals surface area contributed by atoms with E-state index in [-0.39, 0.29) is 16.5 Å². The van der Waals surface area contributed by atoms with E-state index < -0.39 is 15.9 Å². The predicted octanol–water partition coefficient (Wildman–Crippen LogP) is 4.52. The molecule has 3 aromatic rings. The van der Waals surface area contributed by atoms with Crippen molar-refractivity contribution in [1.82, 2.24) is 0 Å². The van der Waals surface area contributed by atoms with Gasteiger partial charge in [-0.15, -0.1) is 0 Å². The zero-order valence-electron chi connectivity index (χ0n) is 12.7. The Bertz CT molecular complexity index is 951. The van der Waals surface area contributed by atoms with E-state index in [1.54, 1.807) is 0 Å². The summed E-state index contributed by atoms with van der Waals surface area (Å²) in [6.07, 6.45) is 0. The van der Waals surface area contributed by atoms with Gasteiger partial charge in [-0.1, -0.05) is 0 Å². The van der Waals surface area contributed by atoms with Crippen LogP contribution < -0.4 is 8.92 Å². The predicted molar refractivity (Wildman–Crippen MR) is 87.1 cm³/mol. The summed E-state index contributed by atoms with van der Waals surface area (Å²) >= 11 is 0. The van der Waals surface area contributed by atoms with Crippen LogP contribution >= 0.6 is 0 Å². The monoisotopic (exact) mass is 362 g/mol. The summed E-state index contributed by atoms with van der Waals surface area (Å²) < 4.78 is 60.5. The lowest BCUT2D eigenvalue weighted by atomic mass is 10.3. The second-order valence-electron chi connectivity index (χ2n) is 5.02. The van der Waals surface area contributed by atoms with Crippen LogP contribution in [0.5, 0.6) is 17.2 Å². The molecule has 0 spiro atoms. The van der Waals surface area contributed by atoms with Crippen LogP contribution in [0, 0.1) is 11.6 Å². The second-order valence-corrected chi connectivity index (χ2v) is 6.57. The van der Waals surface area contributed by atoms with Gasteiger partial charge >= 0.3 is 10.1 Å². The van der Waals surface area contributed by atoms with Crippen LogP contribution in [0.4, 0.5) is 8.78 Å². The van der Waals surface area contributed by atoms with E-state index in [9.17, 15) is 17.2 Å². The fourth-order valence-electron chi connectivity index (χ4n) is 1.98. The average molecular weight is 362 g/mol. The number of hydrogen-bond acceptors (Lipinski definition) is 4. The molecule has 0 amide bonds. The van der Waals surface area contributed by atoms with Crippen LogP contribution in [-0.4, -0.2) is 8.42 Å². The van der Waals surface area contributed by atoms with Gasteiger partial charge in [-0.25, -0.2) is 8.78 Å². The molecule has 0 radical (unpaired) electrons. The van der Waals surface area contributed by atoms with Gasteiger partial charge in [0.25, 0.3) is 0 Å². The van der Waals surface area contributed by atoms with Crippen molar-refractivity contribution in [2.75, 3.05) is 0 Å². The van der Waals surface area contributed by atoms with Gasteiger partial charge in [-0.3, -0.25) is 0 Å². The van der Waals surface area contributed by atoms with Crippen LogP contribution in [0.15, 0.2) is 77.7 Å². The molecule has 25 heavy (non-hydrogen) atoms. The number of hydrogen-bond donors (Lipinski definition) is 0. The highest BCUT2D eigenvalue weighted by atomic mass is 32.2. The van der Waals surface area contributed by atoms with E-state index in [1.165, 1.54) is 60.7 Å². The lowest BCUT2D eigenvalue weighted by molar-refractivity contribution is 0.477. The van der Waals surface area contributed by atoms with Crippen molar-refractivity contribution in [3.05, 3.63) is 84.4 Å². The summed E-state index contributed by atoms with van der Waals surface area (Å²) in [7, 11) is -4.05. The minimum Gasteiger partial charge on any atom is -0.457 e. The van der Waals surface area contributed by atoms with E-state index in [4.69, 9.17) is 8.92 Å². The Morgan fingerprint density at radius 2 is 1.00 bits per heavy atom. The fraction of sp³-hybridized carbons (Fsp3) is 0. The molecule has 0 aliphatic carbocycles. The molecule has 0 aliphatic rings. The third kappa shape index (κ3) is 4.33. The summed E-state index contributed by atoms with van der Waals surface area (Å²) in [6.45, 7) is 0. The lowest BCUT2D eigenvalue weighted by Crippen LogP contribution is -2.09. The lowest BCUT2D eigenvalue weighted by Gasteiger charge is -2.09. The molecular weight excluding hydrogens is 350 g/mol. The first-order valence-electron chi connectivity index (χ1n) is 7.16. The Labute approximate surface area is 143 Å². The highest BCUT2D eigenvalue weighted by molar-refractivity contribution is 7.87. The van der Waals surface area contributed by atoms with Gasteiger partial charge in [0.2, 0.25) is 0 Å². The van der Waals surface area contributed by atoms with Crippen molar-refractivity contribution in [3.8, 4) is 17.2 Å². The molecule has 128 valence electrons. The van der Waals surface area contributed by atoms with Crippen LogP contribution in [0.2, 0.25) is 0 Å². The van der Waals surface area contributed by atoms with E-state index >= 15 is 0 Å². The summed E-state index contributed by atoms with van der Waals surface area (Å²) in [5, 5.41) is 0. The van der Waals surface area contributed by atoms with Crippen molar-refractivity contribution >= 4 is 10.1 Å². The molecule has 0 bridgehead atoms. The number of benzene rings is 3. The quantitative estimate of drug-likeness (QED) is 0.626. The fourth-order valence-corrected chi connectivity index (χ4v) is 2.91. The van der Waals surface area contributed by atoms with Gasteiger partial charge in [0.05, 0.1) is 0 Å². The van der Waals surface area contributed by atoms with E-state index in [1.807, 2.05) is 0 Å². The third-order valence-electron chi connectivity index (χ3n) is 3.18. The molecule has 0 unspecified atom stereocenters. The standard InChI is InChI=1S/C18H12F2O4S/c19-13-1-5-15(6-2-13)23-16-9-11-18(12-10-16)25(21,22)24-17-7-3-14(20)4-8-17/h1-12H. The van der Waals surface area contributed by atoms with Crippen LogP contribution in [0.25, 0.3) is 0 Å². The molecule has 0 saturated carbocycles. The van der Waals surface area contributed by atoms with Gasteiger partial charge < -0.3 is 8.92 Å². The molecular formula is C18H12F2O4S. The smallest absolute Gasteiger partial charge is 0.339 e. The molecule has 0 aliphatic heterocycles. The van der Waals surface area contributed by atoms with Gasteiger partial charge in [0.1, 0.15) is 33.8 Å². The topological polar surface area (TPSA) is 52.6 Å². The normalized spacial score (nSPS) is 11.1. The molecule has 0 fully saturated rings. The van der Waals surface area contributed by atoms with Crippen molar-refractivity contribution in [3.63, 3.8) is 0 Å². The highest BCUT2D eigenvalue weighted by Gasteiger charge is 2.16. The molecule has 0 atom stereocenters. The summed E-state index contributed by atoms with van der Waals surface area (Å²) in [5.41, 5.74) is 0. The first-order chi connectivity index (χ1) is 11.9. The molecule has 3 rings (SSSR count). The molecule has 0 N–H and O–H groups in total. The van der Waals surface area contributed by atoms with Crippen molar-refractivity contribution in [2.24, 2.45) is 0 Å². The maximum atomic E-state index is 12.9. The third-order valence-corrected chi connectivity index (χ3v) is 4.44. The Kier molecular flexibility index (Phi) is 4.67. The Balaban J connectivity index is 1.74. The highest BCUT2D eigenvalue weighted by Crippen LogP contribution is 2.24. The molecule has 7 heteroatoms. The van der Waals surface area contributed by atoms with E-state index in [0.29, 0.717) is 11.5 Å². The second kappa shape index (κ2) is 6.90. The van der Waals surface area contributed by atoms with Crippen molar-refractivity contribution < 1.29 is 26.1 Å². The minimum absolute atomic E-state index is 0.00744. The first kappa shape index (κ1) is 16.9. The van der Waals surface area contributed by atoms with Gasteiger partial charge in [-0.05, 0) is 72.8 Å².